The first-order chi connectivity index (χ1) is 7.27. The van der Waals surface area contributed by atoms with Gasteiger partial charge in [0.15, 0.2) is 0 Å². The zero-order valence-electron chi connectivity index (χ0n) is 10.3. The molecule has 15 heavy (non-hydrogen) atoms. The summed E-state index contributed by atoms with van der Waals surface area (Å²) < 4.78 is 0. The molecule has 0 aromatic heterocycles. The highest BCUT2D eigenvalue weighted by atomic mass is 16.1. The number of unbranched alkanes of at least 4 members (excludes halogenated alkanes) is 2. The molecule has 1 atom stereocenters. The average molecular weight is 211 g/mol. The third-order valence-corrected chi connectivity index (χ3v) is 3.33. The maximum Gasteiger partial charge on any atom is 0.134 e. The Morgan fingerprint density at radius 1 is 1.20 bits per heavy atom. The number of rotatable bonds is 7. The summed E-state index contributed by atoms with van der Waals surface area (Å²) in [7, 11) is 0. The van der Waals surface area contributed by atoms with Crippen LogP contribution >= 0.6 is 0 Å². The van der Waals surface area contributed by atoms with Gasteiger partial charge in [-0.1, -0.05) is 26.7 Å². The summed E-state index contributed by atoms with van der Waals surface area (Å²) in [6.45, 7) is 6.85. The van der Waals surface area contributed by atoms with Gasteiger partial charge in [0, 0.05) is 18.9 Å². The van der Waals surface area contributed by atoms with E-state index in [4.69, 9.17) is 0 Å². The van der Waals surface area contributed by atoms with E-state index in [9.17, 15) is 4.79 Å². The van der Waals surface area contributed by atoms with Crippen molar-refractivity contribution < 1.29 is 4.79 Å². The molecule has 0 aromatic carbocycles. The quantitative estimate of drug-likeness (QED) is 0.645. The Morgan fingerprint density at radius 2 is 1.80 bits per heavy atom. The van der Waals surface area contributed by atoms with Crippen molar-refractivity contribution in [2.24, 2.45) is 0 Å². The molecule has 0 bridgehead atoms. The van der Waals surface area contributed by atoms with Crippen LogP contribution in [0.25, 0.3) is 0 Å². The first kappa shape index (κ1) is 12.7. The Hall–Kier alpha value is -0.370. The lowest BCUT2D eigenvalue weighted by molar-refractivity contribution is -0.117. The third kappa shape index (κ3) is 4.33. The van der Waals surface area contributed by atoms with Gasteiger partial charge >= 0.3 is 0 Å². The fourth-order valence-corrected chi connectivity index (χ4v) is 2.31. The van der Waals surface area contributed by atoms with E-state index in [2.05, 4.69) is 18.7 Å². The summed E-state index contributed by atoms with van der Waals surface area (Å²) in [5.74, 6) is 0.470. The number of hydrogen-bond donors (Lipinski definition) is 0. The lowest BCUT2D eigenvalue weighted by Crippen LogP contribution is -2.35. The maximum absolute atomic E-state index is 11.3. The van der Waals surface area contributed by atoms with Crippen molar-refractivity contribution in [2.75, 3.05) is 13.1 Å². The van der Waals surface area contributed by atoms with Crippen molar-refractivity contribution in [2.45, 2.75) is 64.8 Å². The van der Waals surface area contributed by atoms with Crippen LogP contribution in [0.2, 0.25) is 0 Å². The van der Waals surface area contributed by atoms with Crippen LogP contribution in [0.1, 0.15) is 58.8 Å². The first-order valence-corrected chi connectivity index (χ1v) is 6.53. The molecule has 1 rings (SSSR count). The topological polar surface area (TPSA) is 20.3 Å². The highest BCUT2D eigenvalue weighted by molar-refractivity contribution is 5.81. The van der Waals surface area contributed by atoms with Crippen molar-refractivity contribution in [1.82, 2.24) is 4.90 Å². The predicted molar refractivity (Wildman–Crippen MR) is 64.0 cm³/mol. The van der Waals surface area contributed by atoms with Crippen molar-refractivity contribution >= 4 is 5.78 Å². The van der Waals surface area contributed by atoms with Gasteiger partial charge in [-0.25, -0.2) is 0 Å². The van der Waals surface area contributed by atoms with E-state index in [-0.39, 0.29) is 0 Å². The molecular formula is C13H25NO. The number of carbonyl (C=O) groups excluding carboxylic acids is 1. The molecule has 1 fully saturated rings. The molecule has 1 unspecified atom stereocenters. The SMILES string of the molecule is CCCCN(CCCC)C1CCC(=O)C1. The minimum absolute atomic E-state index is 0.470. The average Bonchev–Trinajstić information content (AvgIpc) is 2.65. The van der Waals surface area contributed by atoms with Crippen LogP contribution in [-0.4, -0.2) is 29.8 Å². The lowest BCUT2D eigenvalue weighted by atomic mass is 10.1. The van der Waals surface area contributed by atoms with E-state index in [0.717, 1.165) is 19.3 Å². The molecular weight excluding hydrogens is 186 g/mol. The number of hydrogen-bond acceptors (Lipinski definition) is 2. The lowest BCUT2D eigenvalue weighted by Gasteiger charge is -2.28. The minimum Gasteiger partial charge on any atom is -0.300 e. The van der Waals surface area contributed by atoms with Crippen LogP contribution < -0.4 is 0 Å². The van der Waals surface area contributed by atoms with Gasteiger partial charge in [0.05, 0.1) is 0 Å². The largest absolute Gasteiger partial charge is 0.300 e. The molecule has 0 aromatic rings. The highest BCUT2D eigenvalue weighted by Crippen LogP contribution is 2.21. The number of ketones is 1. The Bertz CT molecular complexity index is 183. The second kappa shape index (κ2) is 7.00. The number of carbonyl (C=O) groups is 1. The number of nitrogens with zero attached hydrogens (tertiary/aromatic N) is 1. The first-order valence-electron chi connectivity index (χ1n) is 6.53. The van der Waals surface area contributed by atoms with Crippen LogP contribution in [0.5, 0.6) is 0 Å². The van der Waals surface area contributed by atoms with Crippen LogP contribution in [0.15, 0.2) is 0 Å². The van der Waals surface area contributed by atoms with E-state index < -0.39 is 0 Å². The maximum atomic E-state index is 11.3. The van der Waals surface area contributed by atoms with Gasteiger partial charge in [0.1, 0.15) is 5.78 Å². The third-order valence-electron chi connectivity index (χ3n) is 3.33. The summed E-state index contributed by atoms with van der Waals surface area (Å²) in [6, 6.07) is 0.565. The van der Waals surface area contributed by atoms with Gasteiger partial charge in [-0.3, -0.25) is 9.69 Å². The Kier molecular flexibility index (Phi) is 5.92. The van der Waals surface area contributed by atoms with E-state index >= 15 is 0 Å². The Labute approximate surface area is 94.0 Å². The Morgan fingerprint density at radius 3 is 2.20 bits per heavy atom. The number of Topliss-reactive ketones (excluding diaryl/α,β-unsaturated/α-hetero) is 1. The molecule has 0 saturated heterocycles. The van der Waals surface area contributed by atoms with Crippen LogP contribution in [0.3, 0.4) is 0 Å². The fraction of sp³-hybridized carbons (Fsp3) is 0.923. The van der Waals surface area contributed by atoms with Gasteiger partial charge in [0.25, 0.3) is 0 Å². The molecule has 0 aliphatic heterocycles. The minimum atomic E-state index is 0.470. The van der Waals surface area contributed by atoms with Crippen molar-refractivity contribution in [3.63, 3.8) is 0 Å². The van der Waals surface area contributed by atoms with E-state index in [1.807, 2.05) is 0 Å². The van der Waals surface area contributed by atoms with Gasteiger partial charge in [-0.2, -0.15) is 0 Å². The van der Waals surface area contributed by atoms with Crippen LogP contribution in [0.4, 0.5) is 0 Å². The normalized spacial score (nSPS) is 21.5. The molecule has 1 aliphatic carbocycles. The molecule has 1 saturated carbocycles. The van der Waals surface area contributed by atoms with E-state index in [1.165, 1.54) is 38.8 Å². The standard InChI is InChI=1S/C13H25NO/c1-3-5-9-14(10-6-4-2)12-7-8-13(15)11-12/h12H,3-11H2,1-2H3. The molecule has 0 radical (unpaired) electrons. The summed E-state index contributed by atoms with van der Waals surface area (Å²) in [4.78, 5) is 13.8. The Balaban J connectivity index is 2.36. The second-order valence-electron chi connectivity index (χ2n) is 4.68. The van der Waals surface area contributed by atoms with Crippen LogP contribution in [0, 0.1) is 0 Å². The molecule has 1 aliphatic rings. The molecule has 0 N–H and O–H groups in total. The molecule has 2 nitrogen and oxygen atoms in total. The smallest absolute Gasteiger partial charge is 0.134 e. The van der Waals surface area contributed by atoms with Crippen LogP contribution in [-0.2, 0) is 4.79 Å². The van der Waals surface area contributed by atoms with E-state index in [0.29, 0.717) is 11.8 Å². The molecule has 2 heteroatoms. The van der Waals surface area contributed by atoms with E-state index in [1.54, 1.807) is 0 Å². The molecule has 0 amide bonds. The van der Waals surface area contributed by atoms with Crippen molar-refractivity contribution in [3.8, 4) is 0 Å². The highest BCUT2D eigenvalue weighted by Gasteiger charge is 2.26. The summed E-state index contributed by atoms with van der Waals surface area (Å²) in [6.07, 6.45) is 7.79. The summed E-state index contributed by atoms with van der Waals surface area (Å²) in [5.41, 5.74) is 0. The monoisotopic (exact) mass is 211 g/mol. The predicted octanol–water partition coefficient (Wildman–Crippen LogP) is 3.01. The second-order valence-corrected chi connectivity index (χ2v) is 4.68. The van der Waals surface area contributed by atoms with Gasteiger partial charge < -0.3 is 0 Å². The van der Waals surface area contributed by atoms with Crippen molar-refractivity contribution in [1.29, 1.82) is 0 Å². The van der Waals surface area contributed by atoms with Gasteiger partial charge in [0.2, 0.25) is 0 Å². The molecule has 0 spiro atoms. The summed E-state index contributed by atoms with van der Waals surface area (Å²) in [5, 5.41) is 0. The zero-order chi connectivity index (χ0) is 11.1. The molecule has 88 valence electrons. The summed E-state index contributed by atoms with van der Waals surface area (Å²) >= 11 is 0. The van der Waals surface area contributed by atoms with Gasteiger partial charge in [-0.15, -0.1) is 0 Å². The fourth-order valence-electron chi connectivity index (χ4n) is 2.31. The molecule has 0 heterocycles. The zero-order valence-corrected chi connectivity index (χ0v) is 10.3. The van der Waals surface area contributed by atoms with Gasteiger partial charge in [-0.05, 0) is 32.4 Å². The van der Waals surface area contributed by atoms with Crippen molar-refractivity contribution in [3.05, 3.63) is 0 Å².